The summed E-state index contributed by atoms with van der Waals surface area (Å²) in [5.74, 6) is -1.24. The lowest BCUT2D eigenvalue weighted by Gasteiger charge is -2.14. The van der Waals surface area contributed by atoms with Crippen LogP contribution in [0.4, 0.5) is 0 Å². The van der Waals surface area contributed by atoms with Gasteiger partial charge >= 0.3 is 11.9 Å². The van der Waals surface area contributed by atoms with Crippen LogP contribution in [0.25, 0.3) is 21.8 Å². The topological polar surface area (TPSA) is 84.2 Å². The molecule has 0 bridgehead atoms. The van der Waals surface area contributed by atoms with Crippen LogP contribution in [0.1, 0.15) is 68.9 Å². The molecule has 8 heteroatoms. The highest BCUT2D eigenvalue weighted by atomic mass is 35.5. The lowest BCUT2D eigenvalue weighted by molar-refractivity contribution is -0.0164. The van der Waals surface area contributed by atoms with Crippen molar-refractivity contribution in [3.05, 3.63) is 68.0 Å². The maximum Gasteiger partial charge on any atom is 0.343 e. The third-order valence-corrected chi connectivity index (χ3v) is 7.84. The summed E-state index contributed by atoms with van der Waals surface area (Å²) in [7, 11) is 0. The van der Waals surface area contributed by atoms with E-state index in [1.807, 2.05) is 12.1 Å². The number of fused-ring (bicyclic) bond motifs is 6. The molecule has 0 fully saturated rings. The molecule has 0 radical (unpaired) electrons. The van der Waals surface area contributed by atoms with Crippen LogP contribution in [0.3, 0.4) is 0 Å². The van der Waals surface area contributed by atoms with Gasteiger partial charge in [-0.2, -0.15) is 0 Å². The van der Waals surface area contributed by atoms with Crippen LogP contribution < -0.4 is 0 Å². The van der Waals surface area contributed by atoms with Crippen molar-refractivity contribution in [1.82, 2.24) is 9.97 Å². The van der Waals surface area contributed by atoms with E-state index in [1.165, 1.54) is 0 Å². The lowest BCUT2D eigenvalue weighted by atomic mass is 9.94. The van der Waals surface area contributed by atoms with Gasteiger partial charge < -0.3 is 19.4 Å². The molecule has 0 amide bonds. The van der Waals surface area contributed by atoms with E-state index in [-0.39, 0.29) is 0 Å². The van der Waals surface area contributed by atoms with Gasteiger partial charge in [-0.1, -0.05) is 23.2 Å². The zero-order chi connectivity index (χ0) is 24.1. The number of aromatic amines is 2. The number of carbonyl (C=O) groups excluding carboxylic acids is 2. The summed E-state index contributed by atoms with van der Waals surface area (Å²) in [6.45, 7) is -0.531. The fourth-order valence-electron chi connectivity index (χ4n) is 5.63. The number of hydrogen-bond acceptors (Lipinski definition) is 4. The van der Waals surface area contributed by atoms with Crippen LogP contribution in [0.5, 0.6) is 0 Å². The third kappa shape index (κ3) is 3.80. The summed E-state index contributed by atoms with van der Waals surface area (Å²) in [5, 5.41) is 2.23. The Labute approximate surface area is 211 Å². The van der Waals surface area contributed by atoms with Gasteiger partial charge in [0.1, 0.15) is 0 Å². The van der Waals surface area contributed by atoms with E-state index in [0.717, 1.165) is 95.7 Å². The monoisotopic (exact) mass is 510 g/mol. The quantitative estimate of drug-likeness (QED) is 0.236. The molecular weight excluding hydrogens is 487 g/mol. The fraction of sp³-hybridized carbons (Fsp3) is 0.333. The molecule has 2 aromatic heterocycles. The number of esters is 2. The molecular formula is C27H24Cl2N2O4. The van der Waals surface area contributed by atoms with Gasteiger partial charge in [-0.3, -0.25) is 0 Å². The predicted octanol–water partition coefficient (Wildman–Crippen LogP) is 6.68. The van der Waals surface area contributed by atoms with Crippen molar-refractivity contribution >= 4 is 56.9 Å². The van der Waals surface area contributed by atoms with Gasteiger partial charge in [0.25, 0.3) is 0 Å². The van der Waals surface area contributed by atoms with Crippen LogP contribution in [-0.2, 0) is 35.2 Å². The highest BCUT2D eigenvalue weighted by Gasteiger charge is 2.26. The lowest BCUT2D eigenvalue weighted by Crippen LogP contribution is -2.15. The maximum atomic E-state index is 13.1. The molecule has 0 aliphatic heterocycles. The number of rotatable bonds is 4. The first kappa shape index (κ1) is 22.5. The summed E-state index contributed by atoms with van der Waals surface area (Å²) < 4.78 is 10.8. The molecule has 0 saturated heterocycles. The minimum Gasteiger partial charge on any atom is -0.424 e. The number of benzene rings is 2. The Hall–Kier alpha value is -2.96. The standard InChI is InChI=1S/C27H24Cl2N2O4/c28-16-9-11-20-22(14-5-1-3-7-18(14)30-20)24(16)26(32)34-13-35-27(33)25-17(29)10-12-21-23(25)15-6-2-4-8-19(15)31-21/h9-12,30-31H,1-8,13H2. The minimum absolute atomic E-state index is 0.305. The van der Waals surface area contributed by atoms with E-state index in [2.05, 4.69) is 9.97 Å². The second kappa shape index (κ2) is 8.92. The summed E-state index contributed by atoms with van der Waals surface area (Å²) in [5.41, 5.74) is 6.86. The molecule has 2 N–H and O–H groups in total. The highest BCUT2D eigenvalue weighted by Crippen LogP contribution is 2.36. The van der Waals surface area contributed by atoms with Crippen LogP contribution >= 0.6 is 23.2 Å². The second-order valence-electron chi connectivity index (χ2n) is 9.25. The van der Waals surface area contributed by atoms with Crippen molar-refractivity contribution in [2.75, 3.05) is 6.79 Å². The summed E-state index contributed by atoms with van der Waals surface area (Å²) >= 11 is 12.9. The number of hydrogen-bond donors (Lipinski definition) is 2. The number of halogens is 2. The van der Waals surface area contributed by atoms with Gasteiger partial charge in [-0.05, 0) is 86.8 Å². The van der Waals surface area contributed by atoms with E-state index < -0.39 is 18.7 Å². The van der Waals surface area contributed by atoms with E-state index in [1.54, 1.807) is 12.1 Å². The van der Waals surface area contributed by atoms with Crippen LogP contribution in [-0.4, -0.2) is 28.7 Å². The SMILES string of the molecule is O=C(OCOC(=O)c1c(Cl)ccc2[nH]c3c(c12)CCCC3)c1c(Cl)ccc2[nH]c3c(c12)CCCC3. The van der Waals surface area contributed by atoms with E-state index in [4.69, 9.17) is 32.7 Å². The Morgan fingerprint density at radius 1 is 0.686 bits per heavy atom. The average Bonchev–Trinajstić information content (AvgIpc) is 3.42. The Balaban J connectivity index is 1.24. The van der Waals surface area contributed by atoms with Gasteiger partial charge in [0.15, 0.2) is 0 Å². The second-order valence-corrected chi connectivity index (χ2v) is 10.1. The summed E-state index contributed by atoms with van der Waals surface area (Å²) in [6.07, 6.45) is 8.02. The molecule has 0 atom stereocenters. The van der Waals surface area contributed by atoms with Crippen molar-refractivity contribution in [2.45, 2.75) is 51.4 Å². The zero-order valence-electron chi connectivity index (χ0n) is 19.1. The third-order valence-electron chi connectivity index (χ3n) is 7.21. The van der Waals surface area contributed by atoms with Gasteiger partial charge in [0.2, 0.25) is 6.79 Å². The van der Waals surface area contributed by atoms with Gasteiger partial charge in [0.05, 0.1) is 21.2 Å². The molecule has 2 aromatic carbocycles. The van der Waals surface area contributed by atoms with Crippen LogP contribution in [0.2, 0.25) is 10.0 Å². The van der Waals surface area contributed by atoms with Gasteiger partial charge in [0, 0.05) is 33.2 Å². The first-order valence-corrected chi connectivity index (χ1v) is 12.8. The van der Waals surface area contributed by atoms with Gasteiger partial charge in [-0.25, -0.2) is 9.59 Å². The van der Waals surface area contributed by atoms with Crippen molar-refractivity contribution in [2.24, 2.45) is 0 Å². The number of carbonyl (C=O) groups is 2. The zero-order valence-corrected chi connectivity index (χ0v) is 20.6. The molecule has 35 heavy (non-hydrogen) atoms. The molecule has 0 unspecified atom stereocenters. The Bertz CT molecular complexity index is 1390. The Kier molecular flexibility index (Phi) is 5.73. The van der Waals surface area contributed by atoms with Crippen LogP contribution in [0, 0.1) is 0 Å². The number of aryl methyl sites for hydroxylation is 4. The molecule has 4 aromatic rings. The Morgan fingerprint density at radius 3 is 1.57 bits per heavy atom. The van der Waals surface area contributed by atoms with Gasteiger partial charge in [-0.15, -0.1) is 0 Å². The molecule has 0 spiro atoms. The molecule has 2 aliphatic rings. The van der Waals surface area contributed by atoms with E-state index >= 15 is 0 Å². The normalized spacial score (nSPS) is 15.1. The van der Waals surface area contributed by atoms with Crippen molar-refractivity contribution < 1.29 is 19.1 Å². The molecule has 6 nitrogen and oxygen atoms in total. The Morgan fingerprint density at radius 2 is 1.11 bits per heavy atom. The molecule has 180 valence electrons. The first-order chi connectivity index (χ1) is 17.0. The molecule has 2 aliphatic carbocycles. The van der Waals surface area contributed by atoms with Crippen molar-refractivity contribution in [3.63, 3.8) is 0 Å². The summed E-state index contributed by atoms with van der Waals surface area (Å²) in [6, 6.07) is 7.13. The molecule has 6 rings (SSSR count). The fourth-order valence-corrected chi connectivity index (χ4v) is 6.10. The number of aromatic nitrogens is 2. The first-order valence-electron chi connectivity index (χ1n) is 12.0. The van der Waals surface area contributed by atoms with Crippen molar-refractivity contribution in [1.29, 1.82) is 0 Å². The smallest absolute Gasteiger partial charge is 0.343 e. The summed E-state index contributed by atoms with van der Waals surface area (Å²) in [4.78, 5) is 33.0. The average molecular weight is 511 g/mol. The predicted molar refractivity (Wildman–Crippen MR) is 136 cm³/mol. The van der Waals surface area contributed by atoms with Crippen molar-refractivity contribution in [3.8, 4) is 0 Å². The highest BCUT2D eigenvalue weighted by molar-refractivity contribution is 6.36. The number of H-pyrrole nitrogens is 2. The molecule has 2 heterocycles. The molecule has 0 saturated carbocycles. The maximum absolute atomic E-state index is 13.1. The minimum atomic E-state index is -0.621. The largest absolute Gasteiger partial charge is 0.424 e. The number of ether oxygens (including phenoxy) is 2. The number of nitrogens with one attached hydrogen (secondary N) is 2. The van der Waals surface area contributed by atoms with E-state index in [0.29, 0.717) is 21.2 Å². The van der Waals surface area contributed by atoms with Crippen LogP contribution in [0.15, 0.2) is 24.3 Å². The van der Waals surface area contributed by atoms with E-state index in [9.17, 15) is 9.59 Å².